The van der Waals surface area contributed by atoms with E-state index in [2.05, 4.69) is 46.9 Å². The molecule has 0 aliphatic heterocycles. The zero-order chi connectivity index (χ0) is 44.1. The number of primary amides is 1. The Morgan fingerprint density at radius 1 is 0.759 bits per heavy atom. The van der Waals surface area contributed by atoms with E-state index in [4.69, 9.17) is 22.9 Å². The monoisotopic (exact) mass is 823 g/mol. The third-order valence-electron chi connectivity index (χ3n) is 8.40. The van der Waals surface area contributed by atoms with Gasteiger partial charge in [0.15, 0.2) is 12.0 Å². The van der Waals surface area contributed by atoms with E-state index < -0.39 is 96.2 Å². The van der Waals surface area contributed by atoms with Crippen molar-refractivity contribution in [3.8, 4) is 0 Å². The second kappa shape index (κ2) is 25.4. The van der Waals surface area contributed by atoms with Crippen molar-refractivity contribution in [2.45, 2.75) is 122 Å². The van der Waals surface area contributed by atoms with Gasteiger partial charge in [-0.1, -0.05) is 27.7 Å². The summed E-state index contributed by atoms with van der Waals surface area (Å²) in [4.78, 5) is 113. The Morgan fingerprint density at radius 3 is 1.83 bits per heavy atom. The number of nitrogens with two attached hydrogens (primary N) is 4. The van der Waals surface area contributed by atoms with Crippen LogP contribution in [0.25, 0.3) is 0 Å². The van der Waals surface area contributed by atoms with E-state index in [9.17, 15) is 48.6 Å². The van der Waals surface area contributed by atoms with Crippen LogP contribution in [0.2, 0.25) is 0 Å². The summed E-state index contributed by atoms with van der Waals surface area (Å²) >= 11 is 0. The Morgan fingerprint density at radius 2 is 1.31 bits per heavy atom. The number of carboxylic acids is 1. The summed E-state index contributed by atoms with van der Waals surface area (Å²) in [5.74, 6) is -7.50. The van der Waals surface area contributed by atoms with Gasteiger partial charge in [-0.25, -0.2) is 9.78 Å². The molecule has 0 aliphatic carbocycles. The minimum Gasteiger partial charge on any atom is -0.480 e. The summed E-state index contributed by atoms with van der Waals surface area (Å²) in [5, 5.41) is 33.9. The van der Waals surface area contributed by atoms with Gasteiger partial charge in [-0.3, -0.25) is 38.6 Å². The third kappa shape index (κ3) is 19.8. The average Bonchev–Trinajstić information content (AvgIpc) is 3.64. The van der Waals surface area contributed by atoms with Crippen LogP contribution in [0.3, 0.4) is 0 Å². The SMILES string of the molecule is CC(C)C[C@H](NC(=O)CNC(=O)[C@H](CC(C)C)NC(=O)[C@H](Cc1cnc[nH]1)NC(=O)[C@@H](N)CCCN=C(N)N)C(=O)N[C@@H](CCC(N)=O)C(=O)N[C@H](C(=O)O)[C@@H](C)O. The van der Waals surface area contributed by atoms with Crippen LogP contribution in [0.5, 0.6) is 0 Å². The molecule has 23 nitrogen and oxygen atoms in total. The Hall–Kier alpha value is -5.84. The van der Waals surface area contributed by atoms with Crippen LogP contribution in [0.15, 0.2) is 17.5 Å². The lowest BCUT2D eigenvalue weighted by Gasteiger charge is -2.26. The van der Waals surface area contributed by atoms with Crippen molar-refractivity contribution in [1.82, 2.24) is 41.9 Å². The first-order valence-electron chi connectivity index (χ1n) is 18.9. The maximum Gasteiger partial charge on any atom is 0.328 e. The number of nitrogens with one attached hydrogen (secondary N) is 7. The van der Waals surface area contributed by atoms with Gasteiger partial charge in [0.25, 0.3) is 0 Å². The predicted octanol–water partition coefficient (Wildman–Crippen LogP) is -4.30. The molecule has 17 N–H and O–H groups in total. The summed E-state index contributed by atoms with van der Waals surface area (Å²) in [5.41, 5.74) is 22.4. The number of aliphatic carboxylic acids is 1. The van der Waals surface area contributed by atoms with Crippen molar-refractivity contribution >= 4 is 53.3 Å². The lowest BCUT2D eigenvalue weighted by atomic mass is 10.0. The van der Waals surface area contributed by atoms with Crippen molar-refractivity contribution in [2.24, 2.45) is 39.8 Å². The fraction of sp³-hybridized carbons (Fsp3) is 0.657. The van der Waals surface area contributed by atoms with E-state index in [0.29, 0.717) is 12.1 Å². The van der Waals surface area contributed by atoms with Gasteiger partial charge in [-0.2, -0.15) is 0 Å². The Labute approximate surface area is 336 Å². The van der Waals surface area contributed by atoms with Gasteiger partial charge in [0.2, 0.25) is 41.4 Å². The molecule has 0 saturated heterocycles. The van der Waals surface area contributed by atoms with Gasteiger partial charge in [0, 0.05) is 31.3 Å². The van der Waals surface area contributed by atoms with E-state index in [1.165, 1.54) is 12.5 Å². The Balaban J connectivity index is 3.09. The first kappa shape index (κ1) is 50.2. The molecule has 0 spiro atoms. The molecule has 1 rings (SSSR count). The van der Waals surface area contributed by atoms with E-state index in [-0.39, 0.29) is 62.9 Å². The van der Waals surface area contributed by atoms with Gasteiger partial charge < -0.3 is 70.0 Å². The highest BCUT2D eigenvalue weighted by Gasteiger charge is 2.33. The number of rotatable bonds is 27. The molecule has 1 aromatic rings. The maximum atomic E-state index is 13.6. The van der Waals surface area contributed by atoms with E-state index in [1.54, 1.807) is 13.8 Å². The van der Waals surface area contributed by atoms with E-state index in [0.717, 1.165) is 6.92 Å². The molecule has 1 heterocycles. The number of hydrogen-bond acceptors (Lipinski definition) is 12. The summed E-state index contributed by atoms with van der Waals surface area (Å²) in [6.07, 6.45) is 1.46. The largest absolute Gasteiger partial charge is 0.480 e. The number of carbonyl (C=O) groups excluding carboxylic acids is 7. The fourth-order valence-corrected chi connectivity index (χ4v) is 5.44. The number of aromatic nitrogens is 2. The van der Waals surface area contributed by atoms with Crippen LogP contribution < -0.4 is 54.8 Å². The maximum absolute atomic E-state index is 13.6. The van der Waals surface area contributed by atoms with Crippen molar-refractivity contribution in [3.05, 3.63) is 18.2 Å². The number of aromatic amines is 1. The molecule has 0 bridgehead atoms. The molecule has 7 amide bonds. The summed E-state index contributed by atoms with van der Waals surface area (Å²) in [7, 11) is 0. The molecule has 23 heteroatoms. The van der Waals surface area contributed by atoms with Crippen LogP contribution in [0, 0.1) is 11.8 Å². The van der Waals surface area contributed by atoms with Gasteiger partial charge in [0.1, 0.15) is 24.2 Å². The van der Waals surface area contributed by atoms with Crippen molar-refractivity contribution in [2.75, 3.05) is 13.1 Å². The predicted molar refractivity (Wildman–Crippen MR) is 209 cm³/mol. The Bertz CT molecular complexity index is 1570. The molecule has 0 saturated carbocycles. The smallest absolute Gasteiger partial charge is 0.328 e. The normalized spacial score (nSPS) is 14.7. The number of carbonyl (C=O) groups is 8. The number of aliphatic hydroxyl groups excluding tert-OH is 1. The molecular weight excluding hydrogens is 762 g/mol. The van der Waals surface area contributed by atoms with E-state index >= 15 is 0 Å². The first-order chi connectivity index (χ1) is 27.1. The number of hydrogen-bond donors (Lipinski definition) is 13. The quantitative estimate of drug-likeness (QED) is 0.0227. The van der Waals surface area contributed by atoms with Gasteiger partial charge in [-0.05, 0) is 50.9 Å². The second-order valence-corrected chi connectivity index (χ2v) is 14.7. The number of carboxylic acid groups (broad SMARTS) is 1. The summed E-state index contributed by atoms with van der Waals surface area (Å²) in [6.45, 7) is 7.89. The van der Waals surface area contributed by atoms with Gasteiger partial charge in [-0.15, -0.1) is 0 Å². The highest BCUT2D eigenvalue weighted by atomic mass is 16.4. The lowest BCUT2D eigenvalue weighted by Crippen LogP contribution is -2.58. The molecule has 0 unspecified atom stereocenters. The summed E-state index contributed by atoms with van der Waals surface area (Å²) in [6, 6.07) is -7.80. The van der Waals surface area contributed by atoms with Crippen LogP contribution in [0.4, 0.5) is 0 Å². The van der Waals surface area contributed by atoms with Crippen LogP contribution in [0.1, 0.15) is 78.8 Å². The molecule has 0 fully saturated rings. The third-order valence-corrected chi connectivity index (χ3v) is 8.40. The minimum atomic E-state index is -1.72. The lowest BCUT2D eigenvalue weighted by molar-refractivity contribution is -0.145. The Kier molecular flexibility index (Phi) is 22.0. The minimum absolute atomic E-state index is 0.0260. The number of nitrogens with zero attached hydrogens (tertiary/aromatic N) is 2. The molecule has 7 atom stereocenters. The zero-order valence-electron chi connectivity index (χ0n) is 33.6. The standard InChI is InChI=1S/C35H61N13O10/c1-17(2)11-23(47-33(56)25(13-20-14-40-16-43-20)46-29(52)21(36)7-6-10-41-35(38)39)30(53)42-15-27(51)44-24(12-18(3)4)32(55)45-22(8-9-26(37)50)31(54)48-28(19(5)49)34(57)58/h14,16-19,21-25,28,49H,6-13,15,36H2,1-5H3,(H2,37,50)(H,40,43)(H,42,53)(H,44,51)(H,45,55)(H,46,52)(H,47,56)(H,48,54)(H,57,58)(H4,38,39,41)/t19-,21+,22+,23+,24+,25+,28+/m1/s1. The zero-order valence-corrected chi connectivity index (χ0v) is 33.6. The number of aliphatic hydroxyl groups is 1. The second-order valence-electron chi connectivity index (χ2n) is 14.7. The van der Waals surface area contributed by atoms with Gasteiger partial charge >= 0.3 is 5.97 Å². The molecule has 0 aromatic carbocycles. The van der Waals surface area contributed by atoms with Crippen molar-refractivity contribution in [1.29, 1.82) is 0 Å². The van der Waals surface area contributed by atoms with Gasteiger partial charge in [0.05, 0.1) is 25.0 Å². The molecule has 58 heavy (non-hydrogen) atoms. The highest BCUT2D eigenvalue weighted by molar-refractivity contribution is 5.96. The molecule has 326 valence electrons. The number of imidazole rings is 1. The van der Waals surface area contributed by atoms with Crippen molar-refractivity contribution in [3.63, 3.8) is 0 Å². The van der Waals surface area contributed by atoms with E-state index in [1.807, 2.05) is 13.8 Å². The first-order valence-corrected chi connectivity index (χ1v) is 18.9. The van der Waals surface area contributed by atoms with Crippen molar-refractivity contribution < 1.29 is 48.6 Å². The molecule has 0 radical (unpaired) electrons. The topological polar surface area (TPSA) is 394 Å². The van der Waals surface area contributed by atoms with Crippen LogP contribution in [-0.4, -0.2) is 129 Å². The molecule has 1 aromatic heterocycles. The fourth-order valence-electron chi connectivity index (χ4n) is 5.44. The molecular formula is C35H61N13O10. The number of aliphatic imine (C=N–C) groups is 1. The number of H-pyrrole nitrogens is 1. The number of amides is 7. The van der Waals surface area contributed by atoms with Crippen LogP contribution >= 0.6 is 0 Å². The number of guanidine groups is 1. The van der Waals surface area contributed by atoms with Crippen LogP contribution in [-0.2, 0) is 44.8 Å². The highest BCUT2D eigenvalue weighted by Crippen LogP contribution is 2.10. The average molecular weight is 824 g/mol. The summed E-state index contributed by atoms with van der Waals surface area (Å²) < 4.78 is 0. The molecule has 0 aliphatic rings.